The van der Waals surface area contributed by atoms with Gasteiger partial charge in [-0.25, -0.2) is 15.0 Å². The van der Waals surface area contributed by atoms with Crippen LogP contribution >= 0.6 is 0 Å². The molecule has 3 N–H and O–H groups in total. The van der Waals surface area contributed by atoms with Crippen molar-refractivity contribution < 1.29 is 20.1 Å². The van der Waals surface area contributed by atoms with Crippen LogP contribution in [0.2, 0.25) is 0 Å². The van der Waals surface area contributed by atoms with E-state index < -0.39 is 24.5 Å². The zero-order chi connectivity index (χ0) is 19.0. The number of rotatable bonds is 5. The van der Waals surface area contributed by atoms with Crippen LogP contribution in [0, 0.1) is 5.92 Å². The van der Waals surface area contributed by atoms with E-state index in [0.29, 0.717) is 17.1 Å². The number of imidazole rings is 1. The minimum Gasteiger partial charge on any atom is -0.394 e. The van der Waals surface area contributed by atoms with Crippen LogP contribution in [0.5, 0.6) is 0 Å². The molecule has 0 radical (unpaired) electrons. The van der Waals surface area contributed by atoms with Crippen LogP contribution in [0.1, 0.15) is 25.5 Å². The smallest absolute Gasteiger partial charge is 0.167 e. The molecule has 4 rings (SSSR count). The van der Waals surface area contributed by atoms with Crippen molar-refractivity contribution in [3.05, 3.63) is 24.8 Å². The first-order chi connectivity index (χ1) is 13.1. The second-order valence-corrected chi connectivity index (χ2v) is 7.28. The van der Waals surface area contributed by atoms with Crippen molar-refractivity contribution in [3.8, 4) is 0 Å². The minimum absolute atomic E-state index is 0.375. The van der Waals surface area contributed by atoms with E-state index in [-0.39, 0.29) is 6.61 Å². The summed E-state index contributed by atoms with van der Waals surface area (Å²) in [5.41, 5.74) is 1.13. The Hall–Kier alpha value is -2.07. The Labute approximate surface area is 156 Å². The number of nitrogens with zero attached hydrogens (tertiary/aromatic N) is 5. The van der Waals surface area contributed by atoms with Crippen molar-refractivity contribution in [3.63, 3.8) is 0 Å². The van der Waals surface area contributed by atoms with Crippen LogP contribution in [-0.4, -0.2) is 73.3 Å². The van der Waals surface area contributed by atoms with Gasteiger partial charge in [0.15, 0.2) is 23.2 Å². The number of anilines is 1. The largest absolute Gasteiger partial charge is 0.394 e. The van der Waals surface area contributed by atoms with Crippen LogP contribution in [0.3, 0.4) is 0 Å². The van der Waals surface area contributed by atoms with E-state index in [4.69, 9.17) is 4.74 Å². The van der Waals surface area contributed by atoms with E-state index in [9.17, 15) is 15.3 Å². The van der Waals surface area contributed by atoms with Crippen LogP contribution < -0.4 is 4.90 Å². The van der Waals surface area contributed by atoms with E-state index in [2.05, 4.69) is 32.0 Å². The summed E-state index contributed by atoms with van der Waals surface area (Å²) in [7, 11) is 1.99. The maximum absolute atomic E-state index is 10.3. The predicted molar refractivity (Wildman–Crippen MR) is 98.1 cm³/mol. The van der Waals surface area contributed by atoms with Crippen LogP contribution in [0.15, 0.2) is 24.8 Å². The zero-order valence-electron chi connectivity index (χ0n) is 15.2. The summed E-state index contributed by atoms with van der Waals surface area (Å²) in [4.78, 5) is 15.2. The lowest BCUT2D eigenvalue weighted by atomic mass is 9.94. The fraction of sp³-hybridized carbons (Fsp3) is 0.611. The molecule has 9 nitrogen and oxygen atoms in total. The Bertz CT molecular complexity index is 825. The molecular weight excluding hydrogens is 350 g/mol. The first kappa shape index (κ1) is 18.3. The van der Waals surface area contributed by atoms with E-state index in [1.54, 1.807) is 4.57 Å². The third-order valence-electron chi connectivity index (χ3n) is 5.40. The number of aliphatic hydroxyl groups is 3. The maximum Gasteiger partial charge on any atom is 0.167 e. The highest BCUT2D eigenvalue weighted by Gasteiger charge is 2.44. The monoisotopic (exact) mass is 375 g/mol. The van der Waals surface area contributed by atoms with E-state index >= 15 is 0 Å². The molecule has 2 aromatic heterocycles. The molecule has 9 heteroatoms. The van der Waals surface area contributed by atoms with E-state index in [0.717, 1.165) is 31.6 Å². The summed E-state index contributed by atoms with van der Waals surface area (Å²) in [5, 5.41) is 29.6. The second kappa shape index (κ2) is 7.51. The van der Waals surface area contributed by atoms with Gasteiger partial charge in [0.2, 0.25) is 0 Å². The van der Waals surface area contributed by atoms with Crippen molar-refractivity contribution in [2.45, 2.75) is 43.8 Å². The highest BCUT2D eigenvalue weighted by atomic mass is 16.6. The first-order valence-corrected chi connectivity index (χ1v) is 9.26. The Balaban J connectivity index is 1.61. The highest BCUT2D eigenvalue weighted by Crippen LogP contribution is 2.32. The van der Waals surface area contributed by atoms with E-state index in [1.165, 1.54) is 12.7 Å². The SMILES string of the molecule is CN(CC1CC=CCC1)c1ncnc2c1ncn2[C@@H]1O[C@H](CO)[C@@H](O)[C@H]1O. The number of fused-ring (bicyclic) bond motifs is 1. The normalized spacial score (nSPS) is 30.9. The lowest BCUT2D eigenvalue weighted by molar-refractivity contribution is -0.0511. The fourth-order valence-electron chi connectivity index (χ4n) is 3.91. The first-order valence-electron chi connectivity index (χ1n) is 9.26. The van der Waals surface area contributed by atoms with Gasteiger partial charge in [0.25, 0.3) is 0 Å². The summed E-state index contributed by atoms with van der Waals surface area (Å²) in [6, 6.07) is 0. The Morgan fingerprint density at radius 3 is 2.78 bits per heavy atom. The van der Waals surface area contributed by atoms with Gasteiger partial charge in [0.1, 0.15) is 24.6 Å². The van der Waals surface area contributed by atoms with Crippen molar-refractivity contribution in [1.82, 2.24) is 19.5 Å². The average molecular weight is 375 g/mol. The number of aromatic nitrogens is 4. The molecule has 1 saturated heterocycles. The third kappa shape index (κ3) is 3.31. The molecule has 1 fully saturated rings. The molecular formula is C18H25N5O4. The molecule has 1 aliphatic heterocycles. The lowest BCUT2D eigenvalue weighted by Crippen LogP contribution is -2.33. The van der Waals surface area contributed by atoms with Crippen molar-refractivity contribution in [2.75, 3.05) is 25.1 Å². The van der Waals surface area contributed by atoms with Gasteiger partial charge in [0.05, 0.1) is 12.9 Å². The summed E-state index contributed by atoms with van der Waals surface area (Å²) in [5.74, 6) is 1.30. The number of aliphatic hydroxyl groups excluding tert-OH is 3. The fourth-order valence-corrected chi connectivity index (χ4v) is 3.91. The summed E-state index contributed by atoms with van der Waals surface area (Å²) in [6.07, 6.45) is 6.74. The maximum atomic E-state index is 10.3. The van der Waals surface area contributed by atoms with E-state index in [1.807, 2.05) is 7.05 Å². The molecule has 0 spiro atoms. The van der Waals surface area contributed by atoms with Crippen LogP contribution in [-0.2, 0) is 4.74 Å². The zero-order valence-corrected chi connectivity index (χ0v) is 15.2. The molecule has 5 atom stereocenters. The minimum atomic E-state index is -1.18. The molecule has 0 bridgehead atoms. The molecule has 27 heavy (non-hydrogen) atoms. The number of hydrogen-bond donors (Lipinski definition) is 3. The molecule has 0 saturated carbocycles. The van der Waals surface area contributed by atoms with Gasteiger partial charge in [-0.15, -0.1) is 0 Å². The van der Waals surface area contributed by atoms with Crippen molar-refractivity contribution >= 4 is 17.0 Å². The second-order valence-electron chi connectivity index (χ2n) is 7.28. The third-order valence-corrected chi connectivity index (χ3v) is 5.40. The quantitative estimate of drug-likeness (QED) is 0.636. The summed E-state index contributed by atoms with van der Waals surface area (Å²) in [6.45, 7) is 0.497. The summed E-state index contributed by atoms with van der Waals surface area (Å²) < 4.78 is 7.19. The molecule has 2 aliphatic rings. The topological polar surface area (TPSA) is 117 Å². The van der Waals surface area contributed by atoms with Crippen molar-refractivity contribution in [2.24, 2.45) is 5.92 Å². The number of allylic oxidation sites excluding steroid dienone is 2. The number of ether oxygens (including phenoxy) is 1. The highest BCUT2D eigenvalue weighted by molar-refractivity contribution is 5.83. The lowest BCUT2D eigenvalue weighted by Gasteiger charge is -2.25. The molecule has 1 aliphatic carbocycles. The van der Waals surface area contributed by atoms with Gasteiger partial charge in [0, 0.05) is 13.6 Å². The summed E-state index contributed by atoms with van der Waals surface area (Å²) >= 11 is 0. The van der Waals surface area contributed by atoms with Gasteiger partial charge in [-0.05, 0) is 25.2 Å². The Kier molecular flexibility index (Phi) is 5.09. The average Bonchev–Trinajstić information content (AvgIpc) is 3.24. The standard InChI is InChI=1S/C18H25N5O4/c1-22(7-11-5-3-2-4-6-11)16-13-17(20-9-19-16)23(10-21-13)18-15(26)14(25)12(8-24)27-18/h2-3,9-12,14-15,18,24-26H,4-8H2,1H3/t11?,12-,14-,15-,18-/m1/s1. The van der Waals surface area contributed by atoms with Gasteiger partial charge >= 0.3 is 0 Å². The van der Waals surface area contributed by atoms with Gasteiger partial charge in [-0.1, -0.05) is 12.2 Å². The molecule has 3 heterocycles. The Morgan fingerprint density at radius 1 is 1.22 bits per heavy atom. The van der Waals surface area contributed by atoms with Crippen molar-refractivity contribution in [1.29, 1.82) is 0 Å². The Morgan fingerprint density at radius 2 is 2.07 bits per heavy atom. The van der Waals surface area contributed by atoms with Crippen LogP contribution in [0.4, 0.5) is 5.82 Å². The predicted octanol–water partition coefficient (Wildman–Crippen LogP) is 0.230. The number of hydrogen-bond acceptors (Lipinski definition) is 8. The molecule has 2 aromatic rings. The molecule has 1 unspecified atom stereocenters. The van der Waals surface area contributed by atoms with Crippen LogP contribution in [0.25, 0.3) is 11.2 Å². The molecule has 146 valence electrons. The van der Waals surface area contributed by atoms with Gasteiger partial charge < -0.3 is 25.0 Å². The van der Waals surface area contributed by atoms with Gasteiger partial charge in [-0.2, -0.15) is 0 Å². The molecule has 0 aromatic carbocycles. The molecule has 0 amide bonds. The van der Waals surface area contributed by atoms with Gasteiger partial charge in [-0.3, -0.25) is 4.57 Å².